The van der Waals surface area contributed by atoms with Gasteiger partial charge in [0.1, 0.15) is 0 Å². The Bertz CT molecular complexity index is 485. The summed E-state index contributed by atoms with van der Waals surface area (Å²) in [5, 5.41) is 7.68. The minimum absolute atomic E-state index is 0.135. The lowest BCUT2D eigenvalue weighted by atomic mass is 10.1. The van der Waals surface area contributed by atoms with Gasteiger partial charge in [-0.3, -0.25) is 0 Å². The Labute approximate surface area is 99.0 Å². The van der Waals surface area contributed by atoms with Gasteiger partial charge in [-0.15, -0.1) is 0 Å². The average Bonchev–Trinajstić information content (AvgIpc) is 2.29. The van der Waals surface area contributed by atoms with E-state index >= 15 is 0 Å². The molecular formula is C11H14F2O3S. The first-order valence-corrected chi connectivity index (χ1v) is 6.87. The van der Waals surface area contributed by atoms with Crippen molar-refractivity contribution in [3.63, 3.8) is 0 Å². The zero-order valence-corrected chi connectivity index (χ0v) is 10.2. The van der Waals surface area contributed by atoms with Gasteiger partial charge < -0.3 is 5.11 Å². The standard InChI is InChI=1S/C11H14F2O3S/c1-8(17(15,16)6-2-5-14)9-3-4-10(12)11(13)7-9/h3-4,7-8,14H,2,5-6H2,1H3. The maximum atomic E-state index is 13.0. The Morgan fingerprint density at radius 2 is 1.94 bits per heavy atom. The molecule has 0 saturated carbocycles. The normalized spacial score (nSPS) is 13.6. The van der Waals surface area contributed by atoms with Gasteiger partial charge in [-0.2, -0.15) is 0 Å². The monoisotopic (exact) mass is 264 g/mol. The summed E-state index contributed by atoms with van der Waals surface area (Å²) in [4.78, 5) is 0. The number of rotatable bonds is 5. The lowest BCUT2D eigenvalue weighted by Crippen LogP contribution is -2.15. The number of benzene rings is 1. The zero-order valence-electron chi connectivity index (χ0n) is 9.36. The maximum absolute atomic E-state index is 13.0. The van der Waals surface area contributed by atoms with Gasteiger partial charge in [-0.25, -0.2) is 17.2 Å². The second kappa shape index (κ2) is 5.55. The topological polar surface area (TPSA) is 54.4 Å². The first kappa shape index (κ1) is 14.1. The molecule has 1 aromatic carbocycles. The van der Waals surface area contributed by atoms with Crippen LogP contribution in [0.15, 0.2) is 18.2 Å². The molecule has 0 amide bonds. The summed E-state index contributed by atoms with van der Waals surface area (Å²) in [6.45, 7) is 1.20. The van der Waals surface area contributed by atoms with Crippen molar-refractivity contribution < 1.29 is 22.3 Å². The predicted octanol–water partition coefficient (Wildman–Crippen LogP) is 1.82. The van der Waals surface area contributed by atoms with E-state index in [-0.39, 0.29) is 24.3 Å². The quantitative estimate of drug-likeness (QED) is 0.882. The van der Waals surface area contributed by atoms with E-state index in [9.17, 15) is 17.2 Å². The van der Waals surface area contributed by atoms with Gasteiger partial charge in [0.15, 0.2) is 21.5 Å². The Morgan fingerprint density at radius 1 is 1.29 bits per heavy atom. The van der Waals surface area contributed by atoms with Crippen molar-refractivity contribution in [3.05, 3.63) is 35.4 Å². The van der Waals surface area contributed by atoms with E-state index in [2.05, 4.69) is 0 Å². The molecule has 1 atom stereocenters. The number of aliphatic hydroxyl groups is 1. The summed E-state index contributed by atoms with van der Waals surface area (Å²) in [5.74, 6) is -2.25. The van der Waals surface area contributed by atoms with Crippen LogP contribution in [0.3, 0.4) is 0 Å². The van der Waals surface area contributed by atoms with Gasteiger partial charge in [-0.1, -0.05) is 6.07 Å². The molecule has 0 aromatic heterocycles. The van der Waals surface area contributed by atoms with E-state index in [1.165, 1.54) is 13.0 Å². The summed E-state index contributed by atoms with van der Waals surface area (Å²) in [7, 11) is -3.45. The third-order valence-electron chi connectivity index (χ3n) is 2.54. The molecule has 0 heterocycles. The molecule has 1 rings (SSSR count). The van der Waals surface area contributed by atoms with Gasteiger partial charge in [-0.05, 0) is 31.0 Å². The maximum Gasteiger partial charge on any atom is 0.159 e. The van der Waals surface area contributed by atoms with E-state index in [0.717, 1.165) is 12.1 Å². The van der Waals surface area contributed by atoms with Crippen LogP contribution < -0.4 is 0 Å². The fourth-order valence-corrected chi connectivity index (χ4v) is 2.86. The Kier molecular flexibility index (Phi) is 4.59. The molecule has 0 spiro atoms. The molecule has 1 unspecified atom stereocenters. The molecule has 6 heteroatoms. The summed E-state index contributed by atoms with van der Waals surface area (Å²) in [6.07, 6.45) is 0.135. The van der Waals surface area contributed by atoms with Crippen LogP contribution >= 0.6 is 0 Å². The third kappa shape index (κ3) is 3.47. The summed E-state index contributed by atoms with van der Waals surface area (Å²) < 4.78 is 49.2. The average molecular weight is 264 g/mol. The van der Waals surface area contributed by atoms with Crippen LogP contribution in [0.25, 0.3) is 0 Å². The predicted molar refractivity (Wildman–Crippen MR) is 60.3 cm³/mol. The molecule has 0 aliphatic carbocycles. The molecule has 1 N–H and O–H groups in total. The molecule has 3 nitrogen and oxygen atoms in total. The molecule has 0 radical (unpaired) electrons. The van der Waals surface area contributed by atoms with Crippen LogP contribution in [0.2, 0.25) is 0 Å². The Morgan fingerprint density at radius 3 is 2.47 bits per heavy atom. The van der Waals surface area contributed by atoms with Crippen molar-refractivity contribution >= 4 is 9.84 Å². The van der Waals surface area contributed by atoms with Crippen molar-refractivity contribution in [2.45, 2.75) is 18.6 Å². The van der Waals surface area contributed by atoms with Gasteiger partial charge in [0, 0.05) is 6.61 Å². The molecule has 0 aliphatic rings. The summed E-state index contributed by atoms with van der Waals surface area (Å²) in [5.41, 5.74) is 0.210. The van der Waals surface area contributed by atoms with Crippen molar-refractivity contribution in [2.24, 2.45) is 0 Å². The van der Waals surface area contributed by atoms with Gasteiger partial charge in [0.2, 0.25) is 0 Å². The zero-order chi connectivity index (χ0) is 13.1. The third-order valence-corrected chi connectivity index (χ3v) is 4.75. The minimum Gasteiger partial charge on any atom is -0.396 e. The van der Waals surface area contributed by atoms with Crippen LogP contribution in [-0.4, -0.2) is 25.9 Å². The molecule has 17 heavy (non-hydrogen) atoms. The van der Waals surface area contributed by atoms with Gasteiger partial charge in [0.25, 0.3) is 0 Å². The Balaban J connectivity index is 2.95. The lowest BCUT2D eigenvalue weighted by Gasteiger charge is -2.13. The number of aliphatic hydroxyl groups excluding tert-OH is 1. The first-order valence-electron chi connectivity index (χ1n) is 5.16. The van der Waals surface area contributed by atoms with Crippen molar-refractivity contribution in [1.82, 2.24) is 0 Å². The van der Waals surface area contributed by atoms with E-state index in [1.807, 2.05) is 0 Å². The van der Waals surface area contributed by atoms with E-state index in [4.69, 9.17) is 5.11 Å². The highest BCUT2D eigenvalue weighted by Gasteiger charge is 2.22. The highest BCUT2D eigenvalue weighted by molar-refractivity contribution is 7.91. The molecule has 0 bridgehead atoms. The van der Waals surface area contributed by atoms with E-state index in [1.54, 1.807) is 0 Å². The largest absolute Gasteiger partial charge is 0.396 e. The molecule has 0 aliphatic heterocycles. The number of hydrogen-bond acceptors (Lipinski definition) is 3. The van der Waals surface area contributed by atoms with Crippen molar-refractivity contribution in [3.8, 4) is 0 Å². The highest BCUT2D eigenvalue weighted by atomic mass is 32.2. The SMILES string of the molecule is CC(c1ccc(F)c(F)c1)S(=O)(=O)CCCO. The van der Waals surface area contributed by atoms with Gasteiger partial charge in [0.05, 0.1) is 11.0 Å². The van der Waals surface area contributed by atoms with Crippen LogP contribution in [0.4, 0.5) is 8.78 Å². The molecule has 96 valence electrons. The highest BCUT2D eigenvalue weighted by Crippen LogP contribution is 2.24. The van der Waals surface area contributed by atoms with Crippen LogP contribution in [0.5, 0.6) is 0 Å². The second-order valence-electron chi connectivity index (χ2n) is 3.76. The van der Waals surface area contributed by atoms with Crippen LogP contribution in [-0.2, 0) is 9.84 Å². The van der Waals surface area contributed by atoms with Crippen molar-refractivity contribution in [1.29, 1.82) is 0 Å². The fourth-order valence-electron chi connectivity index (χ4n) is 1.42. The van der Waals surface area contributed by atoms with Crippen molar-refractivity contribution in [2.75, 3.05) is 12.4 Å². The number of hydrogen-bond donors (Lipinski definition) is 1. The van der Waals surface area contributed by atoms with Crippen LogP contribution in [0.1, 0.15) is 24.2 Å². The number of halogens is 2. The molecular weight excluding hydrogens is 250 g/mol. The minimum atomic E-state index is -3.45. The summed E-state index contributed by atoms with van der Waals surface area (Å²) >= 11 is 0. The van der Waals surface area contributed by atoms with Gasteiger partial charge >= 0.3 is 0 Å². The number of sulfone groups is 1. The Hall–Kier alpha value is -1.01. The lowest BCUT2D eigenvalue weighted by molar-refractivity contribution is 0.295. The fraction of sp³-hybridized carbons (Fsp3) is 0.455. The van der Waals surface area contributed by atoms with E-state index in [0.29, 0.717) is 0 Å². The second-order valence-corrected chi connectivity index (χ2v) is 6.20. The molecule has 1 aromatic rings. The van der Waals surface area contributed by atoms with Crippen LogP contribution in [0, 0.1) is 11.6 Å². The molecule has 0 fully saturated rings. The summed E-state index contributed by atoms with van der Waals surface area (Å²) in [6, 6.07) is 3.04. The van der Waals surface area contributed by atoms with E-state index < -0.39 is 26.7 Å². The first-order chi connectivity index (χ1) is 7.88. The smallest absolute Gasteiger partial charge is 0.159 e. The molecule has 0 saturated heterocycles.